The van der Waals surface area contributed by atoms with Gasteiger partial charge >= 0.3 is 0 Å². The molecule has 0 saturated carbocycles. The highest BCUT2D eigenvalue weighted by molar-refractivity contribution is 9.10. The summed E-state index contributed by atoms with van der Waals surface area (Å²) in [5, 5.41) is 3.41. The van der Waals surface area contributed by atoms with E-state index in [0.29, 0.717) is 5.92 Å². The fourth-order valence-electron chi connectivity index (χ4n) is 1.74. The van der Waals surface area contributed by atoms with E-state index in [9.17, 15) is 0 Å². The minimum Gasteiger partial charge on any atom is -0.384 e. The number of nitrogens with one attached hydrogen (secondary N) is 1. The molecule has 0 aliphatic carbocycles. The van der Waals surface area contributed by atoms with Crippen LogP contribution in [0.25, 0.3) is 0 Å². The first-order chi connectivity index (χ1) is 5.81. The highest BCUT2D eigenvalue weighted by Gasteiger charge is 2.19. The van der Waals surface area contributed by atoms with Gasteiger partial charge in [-0.1, -0.05) is 22.9 Å². The van der Waals surface area contributed by atoms with Crippen LogP contribution in [-0.2, 0) is 0 Å². The number of anilines is 1. The zero-order chi connectivity index (χ0) is 8.55. The maximum absolute atomic E-state index is 3.49. The fraction of sp³-hybridized carbons (Fsp3) is 0.400. The summed E-state index contributed by atoms with van der Waals surface area (Å²) in [4.78, 5) is 0. The highest BCUT2D eigenvalue weighted by Crippen LogP contribution is 2.34. The van der Waals surface area contributed by atoms with Gasteiger partial charge in [0.05, 0.1) is 0 Å². The van der Waals surface area contributed by atoms with Gasteiger partial charge in [0.15, 0.2) is 0 Å². The smallest absolute Gasteiger partial charge is 0.0377 e. The van der Waals surface area contributed by atoms with E-state index in [1.54, 1.807) is 0 Å². The second-order valence-corrected chi connectivity index (χ2v) is 4.13. The lowest BCUT2D eigenvalue weighted by molar-refractivity contribution is 0.727. The van der Waals surface area contributed by atoms with Crippen LogP contribution in [0.4, 0.5) is 5.69 Å². The summed E-state index contributed by atoms with van der Waals surface area (Å²) in [7, 11) is 0. The zero-order valence-electron chi connectivity index (χ0n) is 7.10. The molecular formula is C10H12BrN. The third-order valence-electron chi connectivity index (χ3n) is 2.49. The van der Waals surface area contributed by atoms with E-state index in [4.69, 9.17) is 0 Å². The van der Waals surface area contributed by atoms with Gasteiger partial charge in [-0.25, -0.2) is 0 Å². The van der Waals surface area contributed by atoms with Crippen molar-refractivity contribution in [3.8, 4) is 0 Å². The Morgan fingerprint density at radius 2 is 2.42 bits per heavy atom. The van der Waals surface area contributed by atoms with E-state index in [2.05, 4.69) is 46.4 Å². The van der Waals surface area contributed by atoms with Crippen LogP contribution in [0, 0.1) is 0 Å². The number of halogens is 1. The van der Waals surface area contributed by atoms with Crippen LogP contribution < -0.4 is 5.32 Å². The normalized spacial score (nSPS) is 20.3. The lowest BCUT2D eigenvalue weighted by Crippen LogP contribution is -1.99. The molecule has 0 bridgehead atoms. The molecule has 0 spiro atoms. The quantitative estimate of drug-likeness (QED) is 0.774. The molecule has 0 fully saturated rings. The standard InChI is InChI=1S/C10H12BrN/c1-2-7-6-12-10-4-3-8(11)5-9(7)10/h3-5,7,12H,2,6H2,1H3/t7-/m1/s1. The fourth-order valence-corrected chi connectivity index (χ4v) is 2.12. The van der Waals surface area contributed by atoms with Gasteiger partial charge in [-0.3, -0.25) is 0 Å². The molecule has 1 aromatic rings. The lowest BCUT2D eigenvalue weighted by Gasteiger charge is -2.05. The first kappa shape index (κ1) is 8.11. The van der Waals surface area contributed by atoms with E-state index in [1.807, 2.05) is 0 Å². The Bertz CT molecular complexity index is 296. The molecule has 1 N–H and O–H groups in total. The largest absolute Gasteiger partial charge is 0.384 e. The summed E-state index contributed by atoms with van der Waals surface area (Å²) in [6.45, 7) is 3.34. The van der Waals surface area contributed by atoms with Crippen LogP contribution in [0.15, 0.2) is 22.7 Å². The van der Waals surface area contributed by atoms with Gasteiger partial charge in [0.1, 0.15) is 0 Å². The Kier molecular flexibility index (Phi) is 2.09. The Labute approximate surface area is 81.3 Å². The third kappa shape index (κ3) is 1.24. The second kappa shape index (κ2) is 3.09. The molecule has 12 heavy (non-hydrogen) atoms. The van der Waals surface area contributed by atoms with Crippen molar-refractivity contribution < 1.29 is 0 Å². The van der Waals surface area contributed by atoms with Gasteiger partial charge in [0.25, 0.3) is 0 Å². The predicted octanol–water partition coefficient (Wildman–Crippen LogP) is 3.37. The van der Waals surface area contributed by atoms with Crippen LogP contribution in [0.2, 0.25) is 0 Å². The SMILES string of the molecule is CC[C@@H]1CNc2ccc(Br)cc21. The summed E-state index contributed by atoms with van der Waals surface area (Å²) >= 11 is 3.49. The molecule has 0 unspecified atom stereocenters. The molecule has 1 aliphatic rings. The van der Waals surface area contributed by atoms with Gasteiger partial charge in [-0.2, -0.15) is 0 Å². The zero-order valence-corrected chi connectivity index (χ0v) is 8.69. The van der Waals surface area contributed by atoms with Crippen molar-refractivity contribution in [2.24, 2.45) is 0 Å². The van der Waals surface area contributed by atoms with Gasteiger partial charge in [-0.05, 0) is 30.2 Å². The number of benzene rings is 1. The Morgan fingerprint density at radius 3 is 3.17 bits per heavy atom. The molecule has 1 aromatic carbocycles. The van der Waals surface area contributed by atoms with Crippen LogP contribution in [0.3, 0.4) is 0 Å². The molecule has 0 radical (unpaired) electrons. The minimum absolute atomic E-state index is 0.706. The third-order valence-corrected chi connectivity index (χ3v) is 2.98. The Balaban J connectivity index is 2.42. The monoisotopic (exact) mass is 225 g/mol. The van der Waals surface area contributed by atoms with Crippen molar-refractivity contribution in [2.75, 3.05) is 11.9 Å². The summed E-state index contributed by atoms with van der Waals surface area (Å²) in [6, 6.07) is 6.46. The molecule has 1 nitrogen and oxygen atoms in total. The first-order valence-corrected chi connectivity index (χ1v) is 5.14. The van der Waals surface area contributed by atoms with Crippen LogP contribution >= 0.6 is 15.9 Å². The van der Waals surface area contributed by atoms with Crippen molar-refractivity contribution in [3.63, 3.8) is 0 Å². The van der Waals surface area contributed by atoms with Gasteiger partial charge in [0.2, 0.25) is 0 Å². The van der Waals surface area contributed by atoms with Crippen LogP contribution in [0.1, 0.15) is 24.8 Å². The first-order valence-electron chi connectivity index (χ1n) is 4.34. The topological polar surface area (TPSA) is 12.0 Å². The molecule has 2 heteroatoms. The number of hydrogen-bond donors (Lipinski definition) is 1. The summed E-state index contributed by atoms with van der Waals surface area (Å²) in [5.41, 5.74) is 2.77. The van der Waals surface area contributed by atoms with E-state index in [1.165, 1.54) is 22.1 Å². The van der Waals surface area contributed by atoms with Crippen molar-refractivity contribution in [1.29, 1.82) is 0 Å². The second-order valence-electron chi connectivity index (χ2n) is 3.22. The number of rotatable bonds is 1. The molecular weight excluding hydrogens is 214 g/mol. The highest BCUT2D eigenvalue weighted by atomic mass is 79.9. The summed E-state index contributed by atoms with van der Waals surface area (Å²) < 4.78 is 1.18. The molecule has 1 atom stereocenters. The van der Waals surface area contributed by atoms with E-state index < -0.39 is 0 Å². The minimum atomic E-state index is 0.706. The lowest BCUT2D eigenvalue weighted by atomic mass is 9.99. The Hall–Kier alpha value is -0.500. The molecule has 0 saturated heterocycles. The van der Waals surface area contributed by atoms with Gasteiger partial charge in [-0.15, -0.1) is 0 Å². The summed E-state index contributed by atoms with van der Waals surface area (Å²) in [6.07, 6.45) is 1.22. The molecule has 2 rings (SSSR count). The number of hydrogen-bond acceptors (Lipinski definition) is 1. The van der Waals surface area contributed by atoms with Crippen molar-refractivity contribution in [2.45, 2.75) is 19.3 Å². The molecule has 1 heterocycles. The maximum atomic E-state index is 3.49. The maximum Gasteiger partial charge on any atom is 0.0377 e. The molecule has 0 aromatic heterocycles. The summed E-state index contributed by atoms with van der Waals surface area (Å²) in [5.74, 6) is 0.706. The van der Waals surface area contributed by atoms with E-state index in [0.717, 1.165) is 6.54 Å². The van der Waals surface area contributed by atoms with Gasteiger partial charge < -0.3 is 5.32 Å². The average molecular weight is 226 g/mol. The van der Waals surface area contributed by atoms with E-state index in [-0.39, 0.29) is 0 Å². The van der Waals surface area contributed by atoms with Crippen LogP contribution in [-0.4, -0.2) is 6.54 Å². The average Bonchev–Trinajstić information content (AvgIpc) is 2.46. The number of fused-ring (bicyclic) bond motifs is 1. The van der Waals surface area contributed by atoms with Crippen molar-refractivity contribution in [1.82, 2.24) is 0 Å². The van der Waals surface area contributed by atoms with Gasteiger partial charge in [0, 0.05) is 22.6 Å². The molecule has 64 valence electrons. The molecule has 1 aliphatic heterocycles. The Morgan fingerprint density at radius 1 is 1.58 bits per heavy atom. The van der Waals surface area contributed by atoms with E-state index >= 15 is 0 Å². The van der Waals surface area contributed by atoms with Crippen LogP contribution in [0.5, 0.6) is 0 Å². The van der Waals surface area contributed by atoms with Crippen molar-refractivity contribution >= 4 is 21.6 Å². The predicted molar refractivity (Wildman–Crippen MR) is 55.7 cm³/mol. The van der Waals surface area contributed by atoms with Crippen molar-refractivity contribution in [3.05, 3.63) is 28.2 Å². The molecule has 0 amide bonds.